The lowest BCUT2D eigenvalue weighted by Gasteiger charge is -2.48. The molecule has 3 fully saturated rings. The summed E-state index contributed by atoms with van der Waals surface area (Å²) in [6, 6.07) is 0.738. The van der Waals surface area contributed by atoms with Gasteiger partial charge in [-0.05, 0) is 51.0 Å². The Bertz CT molecular complexity index is 562. The van der Waals surface area contributed by atoms with Crippen LogP contribution in [-0.2, 0) is 4.74 Å². The molecule has 0 spiro atoms. The zero-order chi connectivity index (χ0) is 20.1. The first-order valence-electron chi connectivity index (χ1n) is 11.6. The molecule has 0 saturated carbocycles. The number of hydrogen-bond donors (Lipinski definition) is 0. The molecule has 2 unspecified atom stereocenters. The normalized spacial score (nSPS) is 29.1. The van der Waals surface area contributed by atoms with Crippen molar-refractivity contribution in [1.29, 1.82) is 0 Å². The minimum atomic E-state index is 0.622. The number of nitrogens with zero attached hydrogens (tertiary/aromatic N) is 3. The standard InChI is InChI=1S/C24H43N3O/c1-6-20(4)24(15-21(5)19(2)3)27-10-9-26-17-22(7-8-23(26)18-27)16-25-11-13-28-14-12-25/h15,19,22-23H,6-14,16-18H2,1-5H3/b21-15-,24-20?. The molecule has 2 atom stereocenters. The SMILES string of the molecule is CCC(C)=C(/C=C(/C)C(C)C)N1CCN2CC(CN3CCOCC3)CCC2C1. The highest BCUT2D eigenvalue weighted by Gasteiger charge is 2.34. The molecule has 3 saturated heterocycles. The van der Waals surface area contributed by atoms with Gasteiger partial charge in [-0.25, -0.2) is 0 Å². The Hall–Kier alpha value is -0.840. The van der Waals surface area contributed by atoms with Crippen molar-refractivity contribution in [2.45, 2.75) is 59.9 Å². The van der Waals surface area contributed by atoms with Crippen LogP contribution >= 0.6 is 0 Å². The molecule has 0 N–H and O–H groups in total. The second kappa shape index (κ2) is 10.3. The highest BCUT2D eigenvalue weighted by molar-refractivity contribution is 5.28. The number of fused-ring (bicyclic) bond motifs is 1. The molecule has 160 valence electrons. The maximum absolute atomic E-state index is 5.51. The Kier molecular flexibility index (Phi) is 8.02. The van der Waals surface area contributed by atoms with Gasteiger partial charge in [0.15, 0.2) is 0 Å². The lowest BCUT2D eigenvalue weighted by molar-refractivity contribution is 0.00402. The number of hydrogen-bond acceptors (Lipinski definition) is 4. The number of piperazine rings is 1. The van der Waals surface area contributed by atoms with Crippen LogP contribution in [0.4, 0.5) is 0 Å². The fraction of sp³-hybridized carbons (Fsp3) is 0.833. The molecule has 0 aliphatic carbocycles. The van der Waals surface area contributed by atoms with Gasteiger partial charge in [-0.3, -0.25) is 9.80 Å². The summed E-state index contributed by atoms with van der Waals surface area (Å²) in [5.74, 6) is 1.47. The van der Waals surface area contributed by atoms with Crippen molar-refractivity contribution >= 4 is 0 Å². The highest BCUT2D eigenvalue weighted by Crippen LogP contribution is 2.29. The lowest BCUT2D eigenvalue weighted by Crippen LogP contribution is -2.57. The molecule has 4 heteroatoms. The van der Waals surface area contributed by atoms with E-state index in [9.17, 15) is 0 Å². The van der Waals surface area contributed by atoms with Crippen LogP contribution in [0.1, 0.15) is 53.9 Å². The van der Waals surface area contributed by atoms with Gasteiger partial charge in [0.05, 0.1) is 13.2 Å². The number of piperidine rings is 1. The molecule has 0 radical (unpaired) electrons. The van der Waals surface area contributed by atoms with Crippen LogP contribution in [0.15, 0.2) is 22.9 Å². The molecule has 3 aliphatic heterocycles. The maximum atomic E-state index is 5.51. The topological polar surface area (TPSA) is 19.0 Å². The van der Waals surface area contributed by atoms with Gasteiger partial charge in [0, 0.05) is 57.6 Å². The average Bonchev–Trinajstić information content (AvgIpc) is 2.71. The molecule has 0 bridgehead atoms. The first-order chi connectivity index (χ1) is 13.5. The van der Waals surface area contributed by atoms with Crippen molar-refractivity contribution in [2.24, 2.45) is 11.8 Å². The minimum absolute atomic E-state index is 0.622. The molecule has 0 aromatic heterocycles. The van der Waals surface area contributed by atoms with Gasteiger partial charge in [0.1, 0.15) is 0 Å². The minimum Gasteiger partial charge on any atom is -0.379 e. The van der Waals surface area contributed by atoms with E-state index in [4.69, 9.17) is 4.74 Å². The van der Waals surface area contributed by atoms with Gasteiger partial charge >= 0.3 is 0 Å². The second-order valence-electron chi connectivity index (χ2n) is 9.51. The van der Waals surface area contributed by atoms with Crippen LogP contribution in [0.25, 0.3) is 0 Å². The summed E-state index contributed by atoms with van der Waals surface area (Å²) < 4.78 is 5.51. The third-order valence-electron chi connectivity index (χ3n) is 7.21. The molecule has 0 amide bonds. The van der Waals surface area contributed by atoms with Crippen LogP contribution in [0.2, 0.25) is 0 Å². The fourth-order valence-electron chi connectivity index (χ4n) is 4.82. The Morgan fingerprint density at radius 1 is 1.04 bits per heavy atom. The molecule has 3 rings (SSSR count). The third kappa shape index (κ3) is 5.61. The second-order valence-corrected chi connectivity index (χ2v) is 9.51. The van der Waals surface area contributed by atoms with Gasteiger partial charge in [0.2, 0.25) is 0 Å². The first-order valence-corrected chi connectivity index (χ1v) is 11.6. The first kappa shape index (κ1) is 21.9. The van der Waals surface area contributed by atoms with Crippen molar-refractivity contribution in [3.63, 3.8) is 0 Å². The van der Waals surface area contributed by atoms with Crippen LogP contribution < -0.4 is 0 Å². The summed E-state index contributed by atoms with van der Waals surface area (Å²) in [6.45, 7) is 21.8. The molecule has 4 nitrogen and oxygen atoms in total. The summed E-state index contributed by atoms with van der Waals surface area (Å²) in [7, 11) is 0. The van der Waals surface area contributed by atoms with Crippen LogP contribution in [0, 0.1) is 11.8 Å². The molecular formula is C24H43N3O. The Morgan fingerprint density at radius 3 is 2.46 bits per heavy atom. The fourth-order valence-corrected chi connectivity index (χ4v) is 4.82. The number of rotatable bonds is 6. The van der Waals surface area contributed by atoms with Gasteiger partial charge in [-0.1, -0.05) is 31.9 Å². The molecule has 3 aliphatic rings. The summed E-state index contributed by atoms with van der Waals surface area (Å²) in [6.07, 6.45) is 6.36. The Balaban J connectivity index is 1.59. The predicted molar refractivity (Wildman–Crippen MR) is 119 cm³/mol. The summed E-state index contributed by atoms with van der Waals surface area (Å²) in [5.41, 5.74) is 4.54. The smallest absolute Gasteiger partial charge is 0.0594 e. The van der Waals surface area contributed by atoms with E-state index in [1.807, 2.05) is 0 Å². The van der Waals surface area contributed by atoms with E-state index in [1.54, 1.807) is 0 Å². The van der Waals surface area contributed by atoms with E-state index in [0.29, 0.717) is 5.92 Å². The highest BCUT2D eigenvalue weighted by atomic mass is 16.5. The zero-order valence-electron chi connectivity index (χ0n) is 19.0. The van der Waals surface area contributed by atoms with Crippen molar-refractivity contribution in [3.05, 3.63) is 22.9 Å². The summed E-state index contributed by atoms with van der Waals surface area (Å²) >= 11 is 0. The molecule has 28 heavy (non-hydrogen) atoms. The van der Waals surface area contributed by atoms with Crippen LogP contribution in [0.3, 0.4) is 0 Å². The van der Waals surface area contributed by atoms with E-state index in [0.717, 1.165) is 44.7 Å². The van der Waals surface area contributed by atoms with Crippen molar-refractivity contribution in [2.75, 3.05) is 59.0 Å². The van der Waals surface area contributed by atoms with Crippen molar-refractivity contribution in [1.82, 2.24) is 14.7 Å². The maximum Gasteiger partial charge on any atom is 0.0594 e. The van der Waals surface area contributed by atoms with Gasteiger partial charge in [-0.2, -0.15) is 0 Å². The van der Waals surface area contributed by atoms with Gasteiger partial charge in [-0.15, -0.1) is 0 Å². The lowest BCUT2D eigenvalue weighted by atomic mass is 9.90. The van der Waals surface area contributed by atoms with E-state index >= 15 is 0 Å². The quantitative estimate of drug-likeness (QED) is 0.639. The number of morpholine rings is 1. The average molecular weight is 390 g/mol. The third-order valence-corrected chi connectivity index (χ3v) is 7.21. The van der Waals surface area contributed by atoms with E-state index in [1.165, 1.54) is 62.4 Å². The Labute approximate surface area is 173 Å². The van der Waals surface area contributed by atoms with E-state index in [-0.39, 0.29) is 0 Å². The van der Waals surface area contributed by atoms with Crippen molar-refractivity contribution in [3.8, 4) is 0 Å². The van der Waals surface area contributed by atoms with Crippen LogP contribution in [-0.4, -0.2) is 79.8 Å². The summed E-state index contributed by atoms with van der Waals surface area (Å²) in [4.78, 5) is 8.10. The number of ether oxygens (including phenoxy) is 1. The molecule has 0 aromatic rings. The van der Waals surface area contributed by atoms with E-state index < -0.39 is 0 Å². The zero-order valence-corrected chi connectivity index (χ0v) is 19.0. The van der Waals surface area contributed by atoms with Gasteiger partial charge < -0.3 is 9.64 Å². The van der Waals surface area contributed by atoms with Gasteiger partial charge in [0.25, 0.3) is 0 Å². The van der Waals surface area contributed by atoms with Crippen molar-refractivity contribution < 1.29 is 4.74 Å². The monoisotopic (exact) mass is 389 g/mol. The van der Waals surface area contributed by atoms with E-state index in [2.05, 4.69) is 55.4 Å². The molecule has 3 heterocycles. The molecular weight excluding hydrogens is 346 g/mol. The molecule has 0 aromatic carbocycles. The predicted octanol–water partition coefficient (Wildman–Crippen LogP) is 4.00. The summed E-state index contributed by atoms with van der Waals surface area (Å²) in [5, 5.41) is 0. The Morgan fingerprint density at radius 2 is 1.79 bits per heavy atom. The number of allylic oxidation sites excluding steroid dienone is 3. The van der Waals surface area contributed by atoms with Crippen LogP contribution in [0.5, 0.6) is 0 Å². The largest absolute Gasteiger partial charge is 0.379 e.